The van der Waals surface area contributed by atoms with Crippen LogP contribution >= 0.6 is 0 Å². The highest BCUT2D eigenvalue weighted by Gasteiger charge is 2.73. The van der Waals surface area contributed by atoms with Crippen LogP contribution in [0.2, 0.25) is 0 Å². The second-order valence-corrected chi connectivity index (χ2v) is 8.40. The molecule has 160 valence electrons. The quantitative estimate of drug-likeness (QED) is 0.420. The number of rotatable bonds is 3. The average molecular weight is 415 g/mol. The second kappa shape index (κ2) is 7.41. The van der Waals surface area contributed by atoms with Crippen LogP contribution in [0.25, 0.3) is 0 Å². The van der Waals surface area contributed by atoms with Crippen LogP contribution in [0.4, 0.5) is 0 Å². The summed E-state index contributed by atoms with van der Waals surface area (Å²) in [6.45, 7) is 1.09. The number of piperidine rings is 1. The first-order chi connectivity index (χ1) is 14.4. The van der Waals surface area contributed by atoms with Crippen molar-refractivity contribution >= 4 is 23.8 Å². The Bertz CT molecular complexity index is 857. The summed E-state index contributed by atoms with van der Waals surface area (Å²) in [6.07, 6.45) is 1.13. The summed E-state index contributed by atoms with van der Waals surface area (Å²) in [5, 5.41) is 0. The van der Waals surface area contributed by atoms with Gasteiger partial charge in [0.2, 0.25) is 5.41 Å². The highest BCUT2D eigenvalue weighted by molar-refractivity contribution is 6.07. The Kier molecular flexibility index (Phi) is 5.03. The third kappa shape index (κ3) is 2.88. The van der Waals surface area contributed by atoms with Crippen molar-refractivity contribution in [2.75, 3.05) is 27.3 Å². The summed E-state index contributed by atoms with van der Waals surface area (Å²) in [5.74, 6) is -3.10. The highest BCUT2D eigenvalue weighted by Crippen LogP contribution is 2.59. The van der Waals surface area contributed by atoms with Gasteiger partial charge in [0, 0.05) is 18.7 Å². The van der Waals surface area contributed by atoms with Crippen molar-refractivity contribution in [2.24, 2.45) is 16.7 Å². The maximum Gasteiger partial charge on any atom is 0.328 e. The average Bonchev–Trinajstić information content (AvgIpc) is 2.95. The number of hydrogen-bond donors (Lipinski definition) is 0. The van der Waals surface area contributed by atoms with E-state index in [1.807, 2.05) is 23.1 Å². The SMILES string of the molecule is COC(=O)C1(C(=O)OC)[C@@H]2CC3(CCN(C(=O)c4ccccc4)CC3)C[C@H]1C(=O)O2. The van der Waals surface area contributed by atoms with Crippen LogP contribution in [0.1, 0.15) is 36.0 Å². The Morgan fingerprint density at radius 2 is 1.60 bits per heavy atom. The molecule has 2 aliphatic heterocycles. The van der Waals surface area contributed by atoms with Gasteiger partial charge in [-0.25, -0.2) is 0 Å². The van der Waals surface area contributed by atoms with E-state index in [1.54, 1.807) is 12.1 Å². The molecule has 3 fully saturated rings. The zero-order valence-electron chi connectivity index (χ0n) is 17.1. The van der Waals surface area contributed by atoms with Crippen molar-refractivity contribution in [3.05, 3.63) is 35.9 Å². The predicted octanol–water partition coefficient (Wildman–Crippen LogP) is 1.58. The normalized spacial score (nSPS) is 26.1. The number of ether oxygens (including phenoxy) is 3. The molecule has 1 aromatic rings. The van der Waals surface area contributed by atoms with E-state index in [-0.39, 0.29) is 11.3 Å². The molecule has 2 atom stereocenters. The molecule has 1 amide bonds. The number of nitrogens with zero attached hydrogens (tertiary/aromatic N) is 1. The van der Waals surface area contributed by atoms with Crippen molar-refractivity contribution in [1.29, 1.82) is 0 Å². The molecule has 1 aromatic carbocycles. The molecule has 0 radical (unpaired) electrons. The molecule has 2 saturated heterocycles. The zero-order valence-corrected chi connectivity index (χ0v) is 17.1. The number of hydrogen-bond acceptors (Lipinski definition) is 7. The van der Waals surface area contributed by atoms with E-state index < -0.39 is 35.3 Å². The van der Waals surface area contributed by atoms with Crippen molar-refractivity contribution in [1.82, 2.24) is 4.90 Å². The van der Waals surface area contributed by atoms with E-state index in [0.29, 0.717) is 44.3 Å². The van der Waals surface area contributed by atoms with Crippen LogP contribution in [0.5, 0.6) is 0 Å². The van der Waals surface area contributed by atoms with Gasteiger partial charge in [-0.1, -0.05) is 18.2 Å². The first kappa shape index (κ1) is 20.4. The summed E-state index contributed by atoms with van der Waals surface area (Å²) in [7, 11) is 2.38. The first-order valence-electron chi connectivity index (χ1n) is 10.1. The van der Waals surface area contributed by atoms with Crippen LogP contribution in [-0.2, 0) is 28.6 Å². The minimum Gasteiger partial charge on any atom is -0.468 e. The Labute approximate surface area is 174 Å². The molecule has 1 spiro atoms. The van der Waals surface area contributed by atoms with Gasteiger partial charge in [-0.05, 0) is 43.2 Å². The third-order valence-electron chi connectivity index (χ3n) is 7.03. The predicted molar refractivity (Wildman–Crippen MR) is 103 cm³/mol. The largest absolute Gasteiger partial charge is 0.468 e. The standard InChI is InChI=1S/C22H25NO7/c1-28-19(26)22(20(27)29-2)15-12-21(13-16(22)30-18(15)25)8-10-23(11-9-21)17(24)14-6-4-3-5-7-14/h3-7,15-16H,8-13H2,1-2H3/t15-,16-/m0/s1. The summed E-state index contributed by atoms with van der Waals surface area (Å²) in [4.78, 5) is 52.5. The van der Waals surface area contributed by atoms with Gasteiger partial charge in [-0.15, -0.1) is 0 Å². The molecule has 8 nitrogen and oxygen atoms in total. The minimum atomic E-state index is -1.75. The fraction of sp³-hybridized carbons (Fsp3) is 0.545. The number of methoxy groups -OCH3 is 2. The molecule has 4 rings (SSSR count). The van der Waals surface area contributed by atoms with Crippen LogP contribution in [-0.4, -0.2) is 62.1 Å². The molecule has 0 N–H and O–H groups in total. The van der Waals surface area contributed by atoms with E-state index in [0.717, 1.165) is 0 Å². The molecule has 30 heavy (non-hydrogen) atoms. The van der Waals surface area contributed by atoms with Gasteiger partial charge in [-0.2, -0.15) is 0 Å². The fourth-order valence-electron chi connectivity index (χ4n) is 5.41. The number of carbonyl (C=O) groups is 4. The van der Waals surface area contributed by atoms with Gasteiger partial charge < -0.3 is 19.1 Å². The smallest absolute Gasteiger partial charge is 0.328 e. The number of benzene rings is 1. The second-order valence-electron chi connectivity index (χ2n) is 8.40. The number of amides is 1. The molecule has 3 aliphatic rings. The van der Waals surface area contributed by atoms with Gasteiger partial charge in [0.25, 0.3) is 5.91 Å². The molecule has 8 heteroatoms. The van der Waals surface area contributed by atoms with Crippen molar-refractivity contribution in [3.8, 4) is 0 Å². The Balaban J connectivity index is 1.54. The molecule has 2 heterocycles. The highest BCUT2D eigenvalue weighted by atomic mass is 16.6. The minimum absolute atomic E-state index is 0.0185. The van der Waals surface area contributed by atoms with Gasteiger partial charge in [0.05, 0.1) is 20.1 Å². The van der Waals surface area contributed by atoms with Crippen molar-refractivity contribution in [3.63, 3.8) is 0 Å². The third-order valence-corrected chi connectivity index (χ3v) is 7.03. The van der Waals surface area contributed by atoms with Crippen molar-refractivity contribution in [2.45, 2.75) is 31.8 Å². The van der Waals surface area contributed by atoms with E-state index in [2.05, 4.69) is 0 Å². The zero-order chi connectivity index (χ0) is 21.5. The summed E-state index contributed by atoms with van der Waals surface area (Å²) >= 11 is 0. The Hall–Kier alpha value is -2.90. The Morgan fingerprint density at radius 1 is 1.00 bits per heavy atom. The van der Waals surface area contributed by atoms with E-state index in [9.17, 15) is 19.2 Å². The summed E-state index contributed by atoms with van der Waals surface area (Å²) in [6, 6.07) is 9.12. The maximum absolute atomic E-state index is 12.7. The van der Waals surface area contributed by atoms with E-state index in [1.165, 1.54) is 14.2 Å². The van der Waals surface area contributed by atoms with Gasteiger partial charge >= 0.3 is 17.9 Å². The fourth-order valence-corrected chi connectivity index (χ4v) is 5.41. The van der Waals surface area contributed by atoms with Gasteiger partial charge in [-0.3, -0.25) is 19.2 Å². The lowest BCUT2D eigenvalue weighted by Gasteiger charge is -2.49. The molecule has 2 bridgehead atoms. The van der Waals surface area contributed by atoms with E-state index >= 15 is 0 Å². The Morgan fingerprint density at radius 3 is 2.13 bits per heavy atom. The number of carbonyl (C=O) groups excluding carboxylic acids is 4. The first-order valence-corrected chi connectivity index (χ1v) is 10.1. The van der Waals surface area contributed by atoms with Crippen LogP contribution in [0, 0.1) is 16.7 Å². The molecule has 0 aromatic heterocycles. The maximum atomic E-state index is 12.7. The number of esters is 3. The summed E-state index contributed by atoms with van der Waals surface area (Å²) < 4.78 is 15.3. The molecule has 1 aliphatic carbocycles. The summed E-state index contributed by atoms with van der Waals surface area (Å²) in [5.41, 5.74) is -1.38. The molecular formula is C22H25NO7. The number of likely N-dealkylation sites (tertiary alicyclic amines) is 1. The molecule has 1 saturated carbocycles. The molecular weight excluding hydrogens is 390 g/mol. The van der Waals surface area contributed by atoms with Crippen LogP contribution in [0.3, 0.4) is 0 Å². The number of fused-ring (bicyclic) bond motifs is 2. The van der Waals surface area contributed by atoms with Gasteiger partial charge in [0.15, 0.2) is 0 Å². The van der Waals surface area contributed by atoms with Crippen LogP contribution in [0.15, 0.2) is 30.3 Å². The van der Waals surface area contributed by atoms with E-state index in [4.69, 9.17) is 14.2 Å². The monoisotopic (exact) mass is 415 g/mol. The molecule has 0 unspecified atom stereocenters. The van der Waals surface area contributed by atoms with Gasteiger partial charge in [0.1, 0.15) is 6.10 Å². The topological polar surface area (TPSA) is 99.2 Å². The van der Waals surface area contributed by atoms with Crippen LogP contribution < -0.4 is 0 Å². The lowest BCUT2D eigenvalue weighted by Crippen LogP contribution is -2.59. The lowest BCUT2D eigenvalue weighted by atomic mass is 9.55. The lowest BCUT2D eigenvalue weighted by molar-refractivity contribution is -0.183. The van der Waals surface area contributed by atoms with Crippen molar-refractivity contribution < 1.29 is 33.4 Å².